The minimum absolute atomic E-state index is 0.908. The first-order valence-electron chi connectivity index (χ1n) is 7.07. The molecule has 17 heavy (non-hydrogen) atoms. The summed E-state index contributed by atoms with van der Waals surface area (Å²) in [5, 5.41) is 0. The Balaban J connectivity index is 1.64. The molecule has 92 valence electrons. The molecule has 3 rings (SSSR count). The topological polar surface area (TPSA) is 3.24 Å². The molecule has 0 aromatic heterocycles. The number of fused-ring (bicyclic) bond motifs is 1. The van der Waals surface area contributed by atoms with Crippen molar-refractivity contribution in [3.05, 3.63) is 35.9 Å². The minimum atomic E-state index is 0.908. The number of hydrogen-bond acceptors (Lipinski definition) is 1. The number of rotatable bonds is 4. The van der Waals surface area contributed by atoms with Crippen molar-refractivity contribution in [1.82, 2.24) is 4.90 Å². The van der Waals surface area contributed by atoms with E-state index in [1.807, 2.05) is 0 Å². The minimum Gasteiger partial charge on any atom is -0.296 e. The molecule has 0 amide bonds. The van der Waals surface area contributed by atoms with Crippen LogP contribution in [0, 0.1) is 17.8 Å². The van der Waals surface area contributed by atoms with E-state index in [0.29, 0.717) is 0 Å². The van der Waals surface area contributed by atoms with Crippen LogP contribution in [0.5, 0.6) is 0 Å². The van der Waals surface area contributed by atoms with Crippen LogP contribution in [0.3, 0.4) is 0 Å². The highest BCUT2D eigenvalue weighted by Crippen LogP contribution is 2.51. The van der Waals surface area contributed by atoms with Gasteiger partial charge >= 0.3 is 0 Å². The van der Waals surface area contributed by atoms with Crippen molar-refractivity contribution in [2.45, 2.75) is 39.3 Å². The standard InChI is InChI=1S/C16H23N/c1-3-12(2)15-11-17(16-9-14(15)16)10-13-7-5-4-6-8-13/h4-8,12,14-16H,3,9-11H2,1-2H3/t12?,14-,15+,16-/m1/s1. The Morgan fingerprint density at radius 1 is 1.29 bits per heavy atom. The fourth-order valence-electron chi connectivity index (χ4n) is 3.53. The molecule has 0 radical (unpaired) electrons. The lowest BCUT2D eigenvalue weighted by atomic mass is 9.89. The lowest BCUT2D eigenvalue weighted by Gasteiger charge is -2.23. The second kappa shape index (κ2) is 4.45. The summed E-state index contributed by atoms with van der Waals surface area (Å²) in [4.78, 5) is 2.72. The highest BCUT2D eigenvalue weighted by atomic mass is 15.2. The first kappa shape index (κ1) is 11.3. The summed E-state index contributed by atoms with van der Waals surface area (Å²) in [7, 11) is 0. The van der Waals surface area contributed by atoms with E-state index < -0.39 is 0 Å². The number of piperidine rings is 1. The van der Waals surface area contributed by atoms with Crippen LogP contribution < -0.4 is 0 Å². The van der Waals surface area contributed by atoms with E-state index in [9.17, 15) is 0 Å². The molecule has 1 heteroatoms. The molecule has 1 heterocycles. The van der Waals surface area contributed by atoms with E-state index in [0.717, 1.165) is 30.3 Å². The maximum atomic E-state index is 2.72. The summed E-state index contributed by atoms with van der Waals surface area (Å²) in [6.07, 6.45) is 2.80. The van der Waals surface area contributed by atoms with Crippen LogP contribution in [0.4, 0.5) is 0 Å². The lowest BCUT2D eigenvalue weighted by Crippen LogP contribution is -2.26. The first-order chi connectivity index (χ1) is 8.29. The Kier molecular flexibility index (Phi) is 2.96. The molecule has 1 aromatic carbocycles. The highest BCUT2D eigenvalue weighted by Gasteiger charge is 2.53. The van der Waals surface area contributed by atoms with Crippen LogP contribution in [-0.2, 0) is 6.54 Å². The van der Waals surface area contributed by atoms with Crippen molar-refractivity contribution < 1.29 is 0 Å². The zero-order valence-electron chi connectivity index (χ0n) is 11.0. The summed E-state index contributed by atoms with van der Waals surface area (Å²) in [5.41, 5.74) is 1.47. The highest BCUT2D eigenvalue weighted by molar-refractivity contribution is 5.17. The molecular formula is C16H23N. The van der Waals surface area contributed by atoms with Crippen molar-refractivity contribution >= 4 is 0 Å². The summed E-state index contributed by atoms with van der Waals surface area (Å²) >= 11 is 0. The van der Waals surface area contributed by atoms with Gasteiger partial charge in [-0.05, 0) is 29.7 Å². The Labute approximate surface area is 105 Å². The maximum absolute atomic E-state index is 2.72. The van der Waals surface area contributed by atoms with E-state index in [1.165, 1.54) is 24.9 Å². The van der Waals surface area contributed by atoms with Gasteiger partial charge < -0.3 is 0 Å². The van der Waals surface area contributed by atoms with Crippen molar-refractivity contribution in [2.75, 3.05) is 6.54 Å². The van der Waals surface area contributed by atoms with Gasteiger partial charge in [0.1, 0.15) is 0 Å². The Hall–Kier alpha value is -0.820. The van der Waals surface area contributed by atoms with Crippen LogP contribution in [0.15, 0.2) is 30.3 Å². The van der Waals surface area contributed by atoms with Gasteiger partial charge in [-0.2, -0.15) is 0 Å². The molecule has 1 aliphatic carbocycles. The summed E-state index contributed by atoms with van der Waals surface area (Å²) in [6, 6.07) is 11.8. The van der Waals surface area contributed by atoms with Crippen molar-refractivity contribution in [1.29, 1.82) is 0 Å². The van der Waals surface area contributed by atoms with Crippen LogP contribution in [-0.4, -0.2) is 17.5 Å². The second-order valence-corrected chi connectivity index (χ2v) is 5.93. The molecular weight excluding hydrogens is 206 g/mol. The molecule has 1 aliphatic heterocycles. The van der Waals surface area contributed by atoms with Gasteiger partial charge in [0.2, 0.25) is 0 Å². The average molecular weight is 229 g/mol. The molecule has 1 aromatic rings. The van der Waals surface area contributed by atoms with Gasteiger partial charge in [0.15, 0.2) is 0 Å². The molecule has 0 N–H and O–H groups in total. The Morgan fingerprint density at radius 2 is 2.06 bits per heavy atom. The smallest absolute Gasteiger partial charge is 0.0236 e. The fraction of sp³-hybridized carbons (Fsp3) is 0.625. The van der Waals surface area contributed by atoms with Crippen molar-refractivity contribution in [2.24, 2.45) is 17.8 Å². The van der Waals surface area contributed by atoms with E-state index >= 15 is 0 Å². The molecule has 1 saturated carbocycles. The van der Waals surface area contributed by atoms with Gasteiger partial charge in [-0.1, -0.05) is 50.6 Å². The molecule has 2 aliphatic rings. The van der Waals surface area contributed by atoms with E-state index in [1.54, 1.807) is 0 Å². The zero-order valence-corrected chi connectivity index (χ0v) is 11.0. The van der Waals surface area contributed by atoms with Gasteiger partial charge in [0.05, 0.1) is 0 Å². The van der Waals surface area contributed by atoms with Gasteiger partial charge in [0, 0.05) is 19.1 Å². The van der Waals surface area contributed by atoms with E-state index in [-0.39, 0.29) is 0 Å². The Morgan fingerprint density at radius 3 is 2.76 bits per heavy atom. The second-order valence-electron chi connectivity index (χ2n) is 5.93. The van der Waals surface area contributed by atoms with Gasteiger partial charge in [0.25, 0.3) is 0 Å². The molecule has 0 bridgehead atoms. The van der Waals surface area contributed by atoms with Gasteiger partial charge in [-0.15, -0.1) is 0 Å². The monoisotopic (exact) mass is 229 g/mol. The summed E-state index contributed by atoms with van der Waals surface area (Å²) in [6.45, 7) is 7.27. The summed E-state index contributed by atoms with van der Waals surface area (Å²) < 4.78 is 0. The fourth-order valence-corrected chi connectivity index (χ4v) is 3.53. The maximum Gasteiger partial charge on any atom is 0.0236 e. The molecule has 1 saturated heterocycles. The SMILES string of the molecule is CCC(C)[C@@H]1CN(Cc2ccccc2)[C@@H]2C[C@@H]21. The number of nitrogens with zero attached hydrogens (tertiary/aromatic N) is 1. The summed E-state index contributed by atoms with van der Waals surface area (Å²) in [5.74, 6) is 2.90. The zero-order chi connectivity index (χ0) is 11.8. The van der Waals surface area contributed by atoms with Crippen LogP contribution in [0.25, 0.3) is 0 Å². The molecule has 1 nitrogen and oxygen atoms in total. The molecule has 4 atom stereocenters. The first-order valence-corrected chi connectivity index (χ1v) is 7.07. The van der Waals surface area contributed by atoms with Crippen LogP contribution in [0.2, 0.25) is 0 Å². The van der Waals surface area contributed by atoms with Gasteiger partial charge in [-0.25, -0.2) is 0 Å². The number of benzene rings is 1. The van der Waals surface area contributed by atoms with Crippen molar-refractivity contribution in [3.63, 3.8) is 0 Å². The predicted octanol–water partition coefficient (Wildman–Crippen LogP) is 3.55. The third-order valence-corrected chi connectivity index (χ3v) is 4.87. The molecule has 1 unspecified atom stereocenters. The third kappa shape index (κ3) is 2.13. The van der Waals surface area contributed by atoms with Crippen LogP contribution in [0.1, 0.15) is 32.3 Å². The Bertz CT molecular complexity index is 372. The molecule has 2 fully saturated rings. The number of hydrogen-bond donors (Lipinski definition) is 0. The predicted molar refractivity (Wildman–Crippen MR) is 71.7 cm³/mol. The number of likely N-dealkylation sites (tertiary alicyclic amines) is 1. The normalized spacial score (nSPS) is 33.4. The lowest BCUT2D eigenvalue weighted by molar-refractivity contribution is 0.236. The average Bonchev–Trinajstić information content (AvgIpc) is 3.08. The van der Waals surface area contributed by atoms with E-state index in [2.05, 4.69) is 49.1 Å². The largest absolute Gasteiger partial charge is 0.296 e. The molecule has 0 spiro atoms. The van der Waals surface area contributed by atoms with Crippen molar-refractivity contribution in [3.8, 4) is 0 Å². The quantitative estimate of drug-likeness (QED) is 0.763. The van der Waals surface area contributed by atoms with E-state index in [4.69, 9.17) is 0 Å². The van der Waals surface area contributed by atoms with Gasteiger partial charge in [-0.3, -0.25) is 4.90 Å². The third-order valence-electron chi connectivity index (χ3n) is 4.87. The van der Waals surface area contributed by atoms with Crippen LogP contribution >= 0.6 is 0 Å².